The summed E-state index contributed by atoms with van der Waals surface area (Å²) in [5.41, 5.74) is 21.8. The fourth-order valence-electron chi connectivity index (χ4n) is 7.78. The summed E-state index contributed by atoms with van der Waals surface area (Å²) in [7, 11) is 3.43. The van der Waals surface area contributed by atoms with E-state index < -0.39 is 17.6 Å². The smallest absolute Gasteiger partial charge is 0.317 e. The lowest BCUT2D eigenvalue weighted by Gasteiger charge is -2.11. The number of aryl methyl sites for hydroxylation is 2. The van der Waals surface area contributed by atoms with Crippen LogP contribution in [0.15, 0.2) is 140 Å². The van der Waals surface area contributed by atoms with Gasteiger partial charge < -0.3 is 44.9 Å². The number of nitrogens with two attached hydrogens (primary N) is 2. The molecule has 0 fully saturated rings. The predicted octanol–water partition coefficient (Wildman–Crippen LogP) is 12.9. The molecular weight excluding hydrogens is 983 g/mol. The Morgan fingerprint density at radius 2 is 1.12 bits per heavy atom. The van der Waals surface area contributed by atoms with E-state index in [2.05, 4.69) is 38.6 Å². The van der Waals surface area contributed by atoms with Gasteiger partial charge in [-0.1, -0.05) is 46.4 Å². The fraction of sp³-hybridized carbons (Fsp3) is 0.220. The van der Waals surface area contributed by atoms with Crippen LogP contribution in [0.1, 0.15) is 73.2 Å². The zero-order valence-electron chi connectivity index (χ0n) is 44.0. The number of hydrogen-bond donors (Lipinski definition) is 3. The van der Waals surface area contributed by atoms with Gasteiger partial charge in [-0.15, -0.1) is 0 Å². The molecule has 0 aliphatic carbocycles. The number of anilines is 2. The molecule has 18 heteroatoms. The van der Waals surface area contributed by atoms with Crippen molar-refractivity contribution in [3.05, 3.63) is 197 Å². The number of rotatable bonds is 16. The van der Waals surface area contributed by atoms with Crippen molar-refractivity contribution in [2.75, 3.05) is 32.1 Å². The number of halogens is 2. The minimum Gasteiger partial charge on any atom is -0.489 e. The van der Waals surface area contributed by atoms with E-state index in [1.54, 1.807) is 60.2 Å². The summed E-state index contributed by atoms with van der Waals surface area (Å²) in [6, 6.07) is 30.8. The minimum atomic E-state index is -0.787. The molecule has 0 bridgehead atoms. The number of nitrogens with zero attached hydrogens (tertiary/aromatic N) is 8. The van der Waals surface area contributed by atoms with E-state index in [0.29, 0.717) is 51.8 Å². The average Bonchev–Trinajstić information content (AvgIpc) is 3.96. The lowest BCUT2D eigenvalue weighted by molar-refractivity contribution is -0.137. The standard InChI is InChI=1S/C28H26FN5O2.C27H25FN4O2.C4H9NO2/c1-17(2)25-14-34(27-26(25)32-16-33-28(27)30)21-6-8-22(9-7-21)36-24-11-20(29)10-23(12-24)35-15-19-5-4-18(3)31-13-19;1-17(2)25-15-32(27(30-4)26(25)29)21-7-9-22(10-8-21)34-24-12-20(28)11-23(13-24)33-16-19-6-5-18(3)31-14-19;1-5(2)3-4(6)7/h4-14,16-17H,15H2,1-3H3,(H2,30,32,33);5-15,17H,16,29H2,1-3H3;3H2,1-2H3,(H,6,7). The van der Waals surface area contributed by atoms with E-state index in [-0.39, 0.29) is 31.6 Å². The van der Waals surface area contributed by atoms with E-state index in [4.69, 9.17) is 42.1 Å². The van der Waals surface area contributed by atoms with Gasteiger partial charge >= 0.3 is 5.97 Å². The molecule has 9 rings (SSSR count). The highest BCUT2D eigenvalue weighted by Crippen LogP contribution is 2.37. The number of nitrogen functional groups attached to an aromatic ring is 2. The summed E-state index contributed by atoms with van der Waals surface area (Å²) in [6.45, 7) is 20.3. The number of carboxylic acid groups (broad SMARTS) is 1. The number of hydrogen-bond acceptors (Lipinski definition) is 12. The monoisotopic (exact) mass is 1040 g/mol. The molecule has 0 atom stereocenters. The van der Waals surface area contributed by atoms with Gasteiger partial charge in [0.2, 0.25) is 0 Å². The third-order valence-corrected chi connectivity index (χ3v) is 11.6. The van der Waals surface area contributed by atoms with E-state index in [9.17, 15) is 13.6 Å². The Hall–Kier alpha value is -9.34. The zero-order chi connectivity index (χ0) is 55.3. The number of carbonyl (C=O) groups is 1. The van der Waals surface area contributed by atoms with Gasteiger partial charge in [0.25, 0.3) is 5.82 Å². The summed E-state index contributed by atoms with van der Waals surface area (Å²) >= 11 is 0. The summed E-state index contributed by atoms with van der Waals surface area (Å²) in [6.07, 6.45) is 8.89. The Morgan fingerprint density at radius 1 is 0.649 bits per heavy atom. The molecule has 0 saturated carbocycles. The highest BCUT2D eigenvalue weighted by Gasteiger charge is 2.19. The number of aliphatic carboxylic acids is 1. The SMILES string of the molecule is CN(C)CC(=O)O.Cc1ccc(COc2cc(F)cc(Oc3ccc(-n4cc(C(C)C)c5ncnc(N)c54)cc3)c2)cn1.[C-]#[N+]c1c(N)c(C(C)C)cn1-c1ccc(Oc2cc(F)cc(OCc3ccc(C)nc3)c2)cc1. The van der Waals surface area contributed by atoms with Gasteiger partial charge in [0.1, 0.15) is 76.9 Å². The van der Waals surface area contributed by atoms with Gasteiger partial charge in [0, 0.05) is 88.8 Å². The molecule has 4 aromatic carbocycles. The third-order valence-electron chi connectivity index (χ3n) is 11.6. The molecule has 5 N–H and O–H groups in total. The van der Waals surface area contributed by atoms with E-state index in [1.165, 1.54) is 30.6 Å². The Morgan fingerprint density at radius 3 is 1.53 bits per heavy atom. The number of carboxylic acids is 1. The molecule has 0 spiro atoms. The van der Waals surface area contributed by atoms with Crippen molar-refractivity contribution in [1.82, 2.24) is 34.0 Å². The van der Waals surface area contributed by atoms with Crippen LogP contribution in [0.25, 0.3) is 27.3 Å². The van der Waals surface area contributed by atoms with Crippen molar-refractivity contribution < 1.29 is 37.6 Å². The molecule has 396 valence electrons. The number of aromatic nitrogens is 6. The van der Waals surface area contributed by atoms with Gasteiger partial charge in [0.05, 0.1) is 23.9 Å². The normalized spacial score (nSPS) is 10.9. The maximum atomic E-state index is 14.2. The van der Waals surface area contributed by atoms with Crippen LogP contribution in [-0.2, 0) is 18.0 Å². The average molecular weight is 1040 g/mol. The number of pyridine rings is 2. The Labute approximate surface area is 445 Å². The van der Waals surface area contributed by atoms with Crippen LogP contribution >= 0.6 is 0 Å². The van der Waals surface area contributed by atoms with E-state index in [1.807, 2.05) is 105 Å². The molecule has 0 aliphatic heterocycles. The number of likely N-dealkylation sites (N-methyl/N-ethyl adjacent to an activating group) is 1. The molecule has 0 aliphatic rings. The third kappa shape index (κ3) is 14.9. The van der Waals surface area contributed by atoms with E-state index in [0.717, 1.165) is 56.0 Å². The quantitative estimate of drug-likeness (QED) is 0.0774. The molecule has 0 amide bonds. The van der Waals surface area contributed by atoms with Crippen molar-refractivity contribution >= 4 is 34.3 Å². The molecule has 5 heterocycles. The maximum absolute atomic E-state index is 14.2. The molecule has 0 saturated heterocycles. The first-order chi connectivity index (χ1) is 36.8. The number of fused-ring (bicyclic) bond motifs is 1. The fourth-order valence-corrected chi connectivity index (χ4v) is 7.78. The van der Waals surface area contributed by atoms with Crippen molar-refractivity contribution in [2.24, 2.45) is 0 Å². The molecule has 16 nitrogen and oxygen atoms in total. The van der Waals surface area contributed by atoms with Gasteiger partial charge in [-0.25, -0.2) is 18.7 Å². The Kier molecular flexibility index (Phi) is 18.2. The van der Waals surface area contributed by atoms with Gasteiger partial charge in [-0.3, -0.25) is 24.2 Å². The van der Waals surface area contributed by atoms with Crippen LogP contribution in [0.5, 0.6) is 34.5 Å². The highest BCUT2D eigenvalue weighted by molar-refractivity contribution is 5.90. The largest absolute Gasteiger partial charge is 0.489 e. The maximum Gasteiger partial charge on any atom is 0.317 e. The molecule has 0 unspecified atom stereocenters. The minimum absolute atomic E-state index is 0.111. The van der Waals surface area contributed by atoms with Crippen LogP contribution in [0, 0.1) is 32.1 Å². The van der Waals surface area contributed by atoms with Crippen LogP contribution in [0.2, 0.25) is 0 Å². The van der Waals surface area contributed by atoms with Crippen molar-refractivity contribution in [2.45, 2.75) is 66.6 Å². The lowest BCUT2D eigenvalue weighted by Crippen LogP contribution is -2.20. The van der Waals surface area contributed by atoms with Crippen molar-refractivity contribution in [1.29, 1.82) is 0 Å². The molecule has 0 radical (unpaired) electrons. The Balaban J connectivity index is 0.000000199. The first-order valence-corrected chi connectivity index (χ1v) is 24.5. The Bertz CT molecular complexity index is 3480. The van der Waals surface area contributed by atoms with Gasteiger partial charge in [-0.2, -0.15) is 0 Å². The predicted molar refractivity (Wildman–Crippen MR) is 294 cm³/mol. The van der Waals surface area contributed by atoms with E-state index >= 15 is 0 Å². The van der Waals surface area contributed by atoms with Gasteiger partial charge in [-0.05, 0) is 106 Å². The van der Waals surface area contributed by atoms with Crippen LogP contribution in [-0.4, -0.2) is 65.7 Å². The van der Waals surface area contributed by atoms with Gasteiger partial charge in [0.15, 0.2) is 5.82 Å². The summed E-state index contributed by atoms with van der Waals surface area (Å²) < 4.78 is 55.4. The second kappa shape index (κ2) is 25.3. The van der Waals surface area contributed by atoms with Crippen molar-refractivity contribution in [3.63, 3.8) is 0 Å². The summed E-state index contributed by atoms with van der Waals surface area (Å²) in [5.74, 6) is 2.06. The molecule has 77 heavy (non-hydrogen) atoms. The zero-order valence-corrected chi connectivity index (χ0v) is 44.0. The number of benzene rings is 4. The summed E-state index contributed by atoms with van der Waals surface area (Å²) in [4.78, 5) is 32.1. The van der Waals surface area contributed by atoms with Crippen LogP contribution in [0.3, 0.4) is 0 Å². The molecule has 5 aromatic heterocycles. The first-order valence-electron chi connectivity index (χ1n) is 24.5. The molecule has 9 aromatic rings. The first kappa shape index (κ1) is 55.4. The van der Waals surface area contributed by atoms with Crippen LogP contribution in [0.4, 0.5) is 26.1 Å². The van der Waals surface area contributed by atoms with Crippen LogP contribution < -0.4 is 30.4 Å². The highest BCUT2D eigenvalue weighted by atomic mass is 19.1. The summed E-state index contributed by atoms with van der Waals surface area (Å²) in [5, 5.41) is 8.04. The lowest BCUT2D eigenvalue weighted by atomic mass is 10.1. The van der Waals surface area contributed by atoms with Crippen molar-refractivity contribution in [3.8, 4) is 45.9 Å². The molecular formula is C59H60F2N10O6. The number of ether oxygens (including phenoxy) is 4. The topological polar surface area (TPSA) is 195 Å². The second-order valence-corrected chi connectivity index (χ2v) is 18.8. The second-order valence-electron chi connectivity index (χ2n) is 18.8.